The van der Waals surface area contributed by atoms with E-state index in [1.807, 2.05) is 19.0 Å². The number of likely N-dealkylation sites (N-methyl/N-ethyl adjacent to an activating group) is 1. The maximum Gasteiger partial charge on any atom is 0.237 e. The highest BCUT2D eigenvalue weighted by Crippen LogP contribution is 2.43. The lowest BCUT2D eigenvalue weighted by atomic mass is 9.73. The molecule has 0 unspecified atom stereocenters. The highest BCUT2D eigenvalue weighted by atomic mass is 32.1. The molecule has 1 rings (SSSR count). The van der Waals surface area contributed by atoms with Gasteiger partial charge in [-0.1, -0.05) is 20.8 Å². The predicted octanol–water partition coefficient (Wildman–Crippen LogP) is 2.09. The topological polar surface area (TPSA) is 23.6 Å². The number of rotatable bonds is 2. The van der Waals surface area contributed by atoms with Crippen LogP contribution in [0.5, 0.6) is 0 Å². The first-order valence-electron chi connectivity index (χ1n) is 6.14. The maximum atomic E-state index is 12.2. The fraction of sp³-hybridized carbons (Fsp3) is 0.923. The van der Waals surface area contributed by atoms with Crippen molar-refractivity contribution < 1.29 is 4.79 Å². The monoisotopic (exact) mass is 260 g/mol. The van der Waals surface area contributed by atoms with Crippen LogP contribution in [0.1, 0.15) is 40.5 Å². The lowest BCUT2D eigenvalue weighted by Gasteiger charge is -2.46. The van der Waals surface area contributed by atoms with Crippen LogP contribution in [0.3, 0.4) is 0 Å². The van der Waals surface area contributed by atoms with Gasteiger partial charge < -0.3 is 9.80 Å². The van der Waals surface area contributed by atoms with Gasteiger partial charge in [0.15, 0.2) is 0 Å². The number of hydrogen-bond donors (Lipinski definition) is 0. The molecule has 1 aliphatic rings. The summed E-state index contributed by atoms with van der Waals surface area (Å²) >= 11 is 0. The van der Waals surface area contributed by atoms with Crippen molar-refractivity contribution in [3.63, 3.8) is 0 Å². The summed E-state index contributed by atoms with van der Waals surface area (Å²) in [6.07, 6.45) is 2.25. The smallest absolute Gasteiger partial charge is 0.237 e. The average Bonchev–Trinajstić information content (AvgIpc) is 2.46. The van der Waals surface area contributed by atoms with E-state index in [2.05, 4.69) is 32.6 Å². The van der Waals surface area contributed by atoms with Gasteiger partial charge in [-0.15, -0.1) is 0 Å². The van der Waals surface area contributed by atoms with E-state index in [-0.39, 0.29) is 30.4 Å². The van der Waals surface area contributed by atoms with Crippen molar-refractivity contribution >= 4 is 19.4 Å². The summed E-state index contributed by atoms with van der Waals surface area (Å²) in [6, 6.07) is 0. The summed E-state index contributed by atoms with van der Waals surface area (Å²) in [5.74, 6) is 0.264. The molecule has 1 amide bonds. The van der Waals surface area contributed by atoms with E-state index in [0.29, 0.717) is 6.54 Å². The zero-order valence-corrected chi connectivity index (χ0v) is 13.1. The molecule has 0 N–H and O–H groups in total. The summed E-state index contributed by atoms with van der Waals surface area (Å²) in [7, 11) is 3.89. The third kappa shape index (κ3) is 3.38. The summed E-state index contributed by atoms with van der Waals surface area (Å²) < 4.78 is 0. The maximum absolute atomic E-state index is 12.2. The van der Waals surface area contributed by atoms with E-state index >= 15 is 0 Å². The van der Waals surface area contributed by atoms with E-state index in [1.165, 1.54) is 0 Å². The normalized spacial score (nSPS) is 25.0. The Morgan fingerprint density at radius 1 is 1.35 bits per heavy atom. The van der Waals surface area contributed by atoms with Gasteiger partial charge in [0.05, 0.1) is 6.54 Å². The van der Waals surface area contributed by atoms with Crippen molar-refractivity contribution in [1.82, 2.24) is 9.80 Å². The number of hydrogen-bond acceptors (Lipinski definition) is 2. The number of carbonyl (C=O) groups is 1. The van der Waals surface area contributed by atoms with Crippen LogP contribution in [0.2, 0.25) is 0 Å². The highest BCUT2D eigenvalue weighted by molar-refractivity contribution is 7.59. The van der Waals surface area contributed by atoms with Crippen molar-refractivity contribution in [3.05, 3.63) is 0 Å². The van der Waals surface area contributed by atoms with Crippen LogP contribution in [0.25, 0.3) is 0 Å². The van der Waals surface area contributed by atoms with Crippen LogP contribution >= 0.6 is 13.5 Å². The average molecular weight is 260 g/mol. The Hall–Kier alpha value is -0.220. The molecule has 1 atom stereocenters. The molecule has 0 aromatic carbocycles. The van der Waals surface area contributed by atoms with E-state index in [0.717, 1.165) is 19.4 Å². The molecule has 17 heavy (non-hydrogen) atoms. The molecule has 1 heterocycles. The Kier molecular flexibility index (Phi) is 5.54. The summed E-state index contributed by atoms with van der Waals surface area (Å²) in [6.45, 7) is 10.4. The lowest BCUT2D eigenvalue weighted by Crippen LogP contribution is -2.55. The Morgan fingerprint density at radius 2 is 1.88 bits per heavy atom. The zero-order chi connectivity index (χ0) is 12.6. The minimum absolute atomic E-state index is 0. The lowest BCUT2D eigenvalue weighted by molar-refractivity contribution is -0.139. The van der Waals surface area contributed by atoms with E-state index < -0.39 is 0 Å². The molecular weight excluding hydrogens is 232 g/mol. The standard InChI is InChI=1S/C13H26N2O.H2S/c1-12(2,3)13(4)8-7-9-15(13)11(16)10-14(5)6;/h7-10H2,1-6H3;1H2/t13-;/m0./s1. The highest BCUT2D eigenvalue weighted by Gasteiger charge is 2.47. The number of carbonyl (C=O) groups excluding carboxylic acids is 1. The molecule has 0 aliphatic carbocycles. The molecule has 3 nitrogen and oxygen atoms in total. The first-order chi connectivity index (χ1) is 7.18. The van der Waals surface area contributed by atoms with Crippen LogP contribution in [0, 0.1) is 5.41 Å². The Morgan fingerprint density at radius 3 is 2.29 bits per heavy atom. The second kappa shape index (κ2) is 5.61. The van der Waals surface area contributed by atoms with Gasteiger partial charge in [0, 0.05) is 12.1 Å². The number of nitrogens with zero attached hydrogens (tertiary/aromatic N) is 2. The second-order valence-corrected chi connectivity index (χ2v) is 6.41. The minimum atomic E-state index is 0. The molecule has 0 aromatic heterocycles. The molecule has 1 fully saturated rings. The fourth-order valence-electron chi connectivity index (χ4n) is 2.50. The second-order valence-electron chi connectivity index (χ2n) is 6.41. The van der Waals surface area contributed by atoms with Crippen molar-refractivity contribution in [2.24, 2.45) is 5.41 Å². The molecule has 0 radical (unpaired) electrons. The molecule has 0 saturated carbocycles. The van der Waals surface area contributed by atoms with Gasteiger partial charge in [-0.05, 0) is 39.3 Å². The van der Waals surface area contributed by atoms with Gasteiger partial charge in [0.25, 0.3) is 0 Å². The van der Waals surface area contributed by atoms with Gasteiger partial charge in [-0.25, -0.2) is 0 Å². The van der Waals surface area contributed by atoms with Crippen LogP contribution in [-0.2, 0) is 4.79 Å². The quantitative estimate of drug-likeness (QED) is 0.759. The van der Waals surface area contributed by atoms with Crippen LogP contribution in [0.15, 0.2) is 0 Å². The largest absolute Gasteiger partial charge is 0.336 e. The molecular formula is C13H28N2OS. The molecule has 0 aromatic rings. The van der Waals surface area contributed by atoms with Gasteiger partial charge in [-0.3, -0.25) is 4.79 Å². The Balaban J connectivity index is 0.00000256. The first kappa shape index (κ1) is 16.8. The number of likely N-dealkylation sites (tertiary alicyclic amines) is 1. The van der Waals surface area contributed by atoms with Crippen LogP contribution in [0.4, 0.5) is 0 Å². The van der Waals surface area contributed by atoms with Crippen LogP contribution < -0.4 is 0 Å². The summed E-state index contributed by atoms with van der Waals surface area (Å²) in [4.78, 5) is 16.2. The summed E-state index contributed by atoms with van der Waals surface area (Å²) in [5.41, 5.74) is 0.158. The third-order valence-corrected chi connectivity index (χ3v) is 4.01. The zero-order valence-electron chi connectivity index (χ0n) is 12.1. The van der Waals surface area contributed by atoms with Crippen LogP contribution in [-0.4, -0.2) is 48.4 Å². The summed E-state index contributed by atoms with van der Waals surface area (Å²) in [5, 5.41) is 0. The van der Waals surface area contributed by atoms with E-state index in [4.69, 9.17) is 0 Å². The van der Waals surface area contributed by atoms with E-state index in [1.54, 1.807) is 0 Å². The molecule has 4 heteroatoms. The molecule has 1 saturated heterocycles. The van der Waals surface area contributed by atoms with Gasteiger partial charge in [0.2, 0.25) is 5.91 Å². The fourth-order valence-corrected chi connectivity index (χ4v) is 2.50. The van der Waals surface area contributed by atoms with Gasteiger partial charge >= 0.3 is 0 Å². The molecule has 0 spiro atoms. The Bertz CT molecular complexity index is 273. The first-order valence-corrected chi connectivity index (χ1v) is 6.14. The molecule has 1 aliphatic heterocycles. The minimum Gasteiger partial charge on any atom is -0.336 e. The van der Waals surface area contributed by atoms with Crippen molar-refractivity contribution in [2.45, 2.75) is 46.1 Å². The molecule has 102 valence electrons. The van der Waals surface area contributed by atoms with E-state index in [9.17, 15) is 4.79 Å². The van der Waals surface area contributed by atoms with Crippen molar-refractivity contribution in [3.8, 4) is 0 Å². The molecule has 0 bridgehead atoms. The van der Waals surface area contributed by atoms with Gasteiger partial charge in [-0.2, -0.15) is 13.5 Å². The van der Waals surface area contributed by atoms with Gasteiger partial charge in [0.1, 0.15) is 0 Å². The SMILES string of the molecule is CN(C)CC(=O)N1CCC[C@@]1(C)C(C)(C)C.S. The third-order valence-electron chi connectivity index (χ3n) is 4.01. The van der Waals surface area contributed by atoms with Crippen molar-refractivity contribution in [1.29, 1.82) is 0 Å². The predicted molar refractivity (Wildman–Crippen MR) is 77.7 cm³/mol. The van der Waals surface area contributed by atoms with Crippen molar-refractivity contribution in [2.75, 3.05) is 27.2 Å². The number of amides is 1. The Labute approximate surface area is 113 Å².